The van der Waals surface area contributed by atoms with E-state index in [1.165, 1.54) is 0 Å². The predicted molar refractivity (Wildman–Crippen MR) is 55.4 cm³/mol. The largest absolute Gasteiger partial charge is 0.325 e. The first-order chi connectivity index (χ1) is 6.68. The zero-order chi connectivity index (χ0) is 10.1. The van der Waals surface area contributed by atoms with Gasteiger partial charge in [-0.2, -0.15) is 0 Å². The van der Waals surface area contributed by atoms with Gasteiger partial charge in [0.15, 0.2) is 0 Å². The summed E-state index contributed by atoms with van der Waals surface area (Å²) in [6.45, 7) is 3.29. The van der Waals surface area contributed by atoms with Crippen molar-refractivity contribution in [1.29, 1.82) is 0 Å². The predicted octanol–water partition coefficient (Wildman–Crippen LogP) is 0.832. The molecule has 1 aromatic heterocycles. The Labute approximate surface area is 83.5 Å². The third-order valence-electron chi connectivity index (χ3n) is 3.25. The number of piperidine rings is 1. The SMILES string of the molecule is CC1CC(n2cc[nH]c2=O)CCN1C. The lowest BCUT2D eigenvalue weighted by Crippen LogP contribution is -2.40. The lowest BCUT2D eigenvalue weighted by Gasteiger charge is -2.35. The number of hydrogen-bond acceptors (Lipinski definition) is 2. The van der Waals surface area contributed by atoms with E-state index < -0.39 is 0 Å². The zero-order valence-electron chi connectivity index (χ0n) is 8.73. The highest BCUT2D eigenvalue weighted by atomic mass is 16.1. The summed E-state index contributed by atoms with van der Waals surface area (Å²) in [5, 5.41) is 0. The second-order valence-corrected chi connectivity index (χ2v) is 4.18. The van der Waals surface area contributed by atoms with Gasteiger partial charge in [-0.15, -0.1) is 0 Å². The Kier molecular flexibility index (Phi) is 2.46. The zero-order valence-corrected chi connectivity index (χ0v) is 8.73. The lowest BCUT2D eigenvalue weighted by atomic mass is 9.99. The van der Waals surface area contributed by atoms with E-state index >= 15 is 0 Å². The highest BCUT2D eigenvalue weighted by Gasteiger charge is 2.24. The molecule has 4 heteroatoms. The topological polar surface area (TPSA) is 41.0 Å². The van der Waals surface area contributed by atoms with Crippen LogP contribution in [0.3, 0.4) is 0 Å². The van der Waals surface area contributed by atoms with Gasteiger partial charge in [-0.05, 0) is 26.8 Å². The molecule has 2 heterocycles. The Bertz CT molecular complexity index is 354. The first kappa shape index (κ1) is 9.52. The van der Waals surface area contributed by atoms with Gasteiger partial charge in [-0.25, -0.2) is 4.79 Å². The van der Waals surface area contributed by atoms with Gasteiger partial charge in [0.25, 0.3) is 0 Å². The molecule has 1 N–H and O–H groups in total. The van der Waals surface area contributed by atoms with Crippen LogP contribution in [0.4, 0.5) is 0 Å². The normalized spacial score (nSPS) is 29.3. The quantitative estimate of drug-likeness (QED) is 0.721. The lowest BCUT2D eigenvalue weighted by molar-refractivity contribution is 0.155. The molecule has 0 aromatic carbocycles. The van der Waals surface area contributed by atoms with Crippen LogP contribution in [-0.4, -0.2) is 34.1 Å². The van der Waals surface area contributed by atoms with Crippen LogP contribution in [0.1, 0.15) is 25.8 Å². The monoisotopic (exact) mass is 195 g/mol. The molecule has 0 saturated carbocycles. The summed E-state index contributed by atoms with van der Waals surface area (Å²) in [6, 6.07) is 0.940. The number of likely N-dealkylation sites (tertiary alicyclic amines) is 1. The molecule has 0 amide bonds. The minimum atomic E-state index is 0.0201. The van der Waals surface area contributed by atoms with Crippen molar-refractivity contribution in [3.63, 3.8) is 0 Å². The fourth-order valence-corrected chi connectivity index (χ4v) is 2.14. The summed E-state index contributed by atoms with van der Waals surface area (Å²) >= 11 is 0. The minimum absolute atomic E-state index is 0.0201. The van der Waals surface area contributed by atoms with E-state index in [2.05, 4.69) is 23.9 Å². The Morgan fingerprint density at radius 3 is 2.93 bits per heavy atom. The average Bonchev–Trinajstić information content (AvgIpc) is 2.57. The maximum Gasteiger partial charge on any atom is 0.325 e. The highest BCUT2D eigenvalue weighted by molar-refractivity contribution is 4.86. The molecule has 1 aromatic rings. The van der Waals surface area contributed by atoms with E-state index in [4.69, 9.17) is 0 Å². The van der Waals surface area contributed by atoms with Gasteiger partial charge in [-0.3, -0.25) is 4.57 Å². The van der Waals surface area contributed by atoms with E-state index in [1.54, 1.807) is 6.20 Å². The van der Waals surface area contributed by atoms with Gasteiger partial charge in [0.2, 0.25) is 0 Å². The molecule has 0 spiro atoms. The van der Waals surface area contributed by atoms with Crippen LogP contribution in [0, 0.1) is 0 Å². The summed E-state index contributed by atoms with van der Waals surface area (Å²) in [5.74, 6) is 0. The third-order valence-corrected chi connectivity index (χ3v) is 3.25. The Morgan fingerprint density at radius 2 is 2.36 bits per heavy atom. The van der Waals surface area contributed by atoms with Crippen LogP contribution in [0.15, 0.2) is 17.2 Å². The molecular weight excluding hydrogens is 178 g/mol. The van der Waals surface area contributed by atoms with Gasteiger partial charge in [-0.1, -0.05) is 0 Å². The van der Waals surface area contributed by atoms with E-state index in [9.17, 15) is 4.79 Å². The standard InChI is InChI=1S/C10H17N3O/c1-8-7-9(3-5-12(8)2)13-6-4-11-10(13)14/h4,6,8-9H,3,5,7H2,1-2H3,(H,11,14). The Morgan fingerprint density at radius 1 is 1.57 bits per heavy atom. The number of rotatable bonds is 1. The van der Waals surface area contributed by atoms with E-state index in [1.807, 2.05) is 10.8 Å². The van der Waals surface area contributed by atoms with Crippen LogP contribution in [0.2, 0.25) is 0 Å². The van der Waals surface area contributed by atoms with E-state index in [0.29, 0.717) is 12.1 Å². The molecule has 2 rings (SSSR count). The van der Waals surface area contributed by atoms with Crippen molar-refractivity contribution in [3.05, 3.63) is 22.9 Å². The van der Waals surface area contributed by atoms with Crippen molar-refractivity contribution in [1.82, 2.24) is 14.5 Å². The number of aromatic nitrogens is 2. The molecule has 2 unspecified atom stereocenters. The number of H-pyrrole nitrogens is 1. The van der Waals surface area contributed by atoms with Crippen molar-refractivity contribution in [2.75, 3.05) is 13.6 Å². The van der Waals surface area contributed by atoms with Crippen molar-refractivity contribution < 1.29 is 0 Å². The van der Waals surface area contributed by atoms with Crippen LogP contribution in [0.25, 0.3) is 0 Å². The molecule has 1 aliphatic rings. The summed E-state index contributed by atoms with van der Waals surface area (Å²) in [6.07, 6.45) is 5.70. The smallest absolute Gasteiger partial charge is 0.313 e. The van der Waals surface area contributed by atoms with Gasteiger partial charge in [0, 0.05) is 31.0 Å². The number of aromatic amines is 1. The average molecular weight is 195 g/mol. The minimum Gasteiger partial charge on any atom is -0.313 e. The number of hydrogen-bond donors (Lipinski definition) is 1. The van der Waals surface area contributed by atoms with Crippen LogP contribution < -0.4 is 5.69 Å². The summed E-state index contributed by atoms with van der Waals surface area (Å²) in [4.78, 5) is 16.4. The van der Waals surface area contributed by atoms with Gasteiger partial charge < -0.3 is 9.88 Å². The molecule has 1 fully saturated rings. The molecule has 78 valence electrons. The first-order valence-corrected chi connectivity index (χ1v) is 5.14. The summed E-state index contributed by atoms with van der Waals surface area (Å²) in [5.41, 5.74) is 0.0201. The molecule has 0 bridgehead atoms. The van der Waals surface area contributed by atoms with Gasteiger partial charge >= 0.3 is 5.69 Å². The van der Waals surface area contributed by atoms with E-state index in [0.717, 1.165) is 19.4 Å². The molecular formula is C10H17N3O. The molecule has 14 heavy (non-hydrogen) atoms. The summed E-state index contributed by atoms with van der Waals surface area (Å²) < 4.78 is 1.82. The van der Waals surface area contributed by atoms with Crippen LogP contribution in [0.5, 0.6) is 0 Å². The molecule has 1 saturated heterocycles. The van der Waals surface area contributed by atoms with Crippen molar-refractivity contribution in [2.24, 2.45) is 0 Å². The van der Waals surface area contributed by atoms with Gasteiger partial charge in [0.1, 0.15) is 0 Å². The summed E-state index contributed by atoms with van der Waals surface area (Å²) in [7, 11) is 2.14. The number of nitrogens with one attached hydrogen (secondary N) is 1. The van der Waals surface area contributed by atoms with Crippen molar-refractivity contribution in [3.8, 4) is 0 Å². The van der Waals surface area contributed by atoms with Crippen molar-refractivity contribution >= 4 is 0 Å². The van der Waals surface area contributed by atoms with Crippen LogP contribution >= 0.6 is 0 Å². The second-order valence-electron chi connectivity index (χ2n) is 4.18. The first-order valence-electron chi connectivity index (χ1n) is 5.14. The number of nitrogens with zero attached hydrogens (tertiary/aromatic N) is 2. The molecule has 4 nitrogen and oxygen atoms in total. The maximum atomic E-state index is 11.4. The molecule has 0 radical (unpaired) electrons. The second kappa shape index (κ2) is 3.61. The molecule has 2 atom stereocenters. The van der Waals surface area contributed by atoms with Crippen LogP contribution in [-0.2, 0) is 0 Å². The van der Waals surface area contributed by atoms with Gasteiger partial charge in [0.05, 0.1) is 0 Å². The Balaban J connectivity index is 2.14. The number of imidazole rings is 1. The highest BCUT2D eigenvalue weighted by Crippen LogP contribution is 2.24. The Hall–Kier alpha value is -1.03. The molecule has 0 aliphatic carbocycles. The third kappa shape index (κ3) is 1.62. The fraction of sp³-hybridized carbons (Fsp3) is 0.700. The molecule has 1 aliphatic heterocycles. The fourth-order valence-electron chi connectivity index (χ4n) is 2.14. The van der Waals surface area contributed by atoms with E-state index in [-0.39, 0.29) is 5.69 Å². The maximum absolute atomic E-state index is 11.4. The van der Waals surface area contributed by atoms with Crippen molar-refractivity contribution in [2.45, 2.75) is 31.8 Å².